The molecule has 1 N–H and O–H groups in total. The molecular formula is C24H26FN3O2. The molecule has 0 aliphatic carbocycles. The molecule has 1 saturated heterocycles. The van der Waals surface area contributed by atoms with Crippen molar-refractivity contribution >= 4 is 22.6 Å². The fourth-order valence-electron chi connectivity index (χ4n) is 3.80. The Morgan fingerprint density at radius 1 is 1.20 bits per heavy atom. The number of benzene rings is 2. The molecule has 0 radical (unpaired) electrons. The molecule has 2 heterocycles. The highest BCUT2D eigenvalue weighted by Gasteiger charge is 2.18. The Balaban J connectivity index is 1.42. The summed E-state index contributed by atoms with van der Waals surface area (Å²) in [5.74, 6) is 1.67. The Bertz CT molecular complexity index is 1020. The third-order valence-corrected chi connectivity index (χ3v) is 5.41. The normalized spacial score (nSPS) is 16.5. The van der Waals surface area contributed by atoms with Crippen molar-refractivity contribution in [3.05, 3.63) is 66.0 Å². The summed E-state index contributed by atoms with van der Waals surface area (Å²) in [6.07, 6.45) is 2.43. The second-order valence-electron chi connectivity index (χ2n) is 7.88. The number of hydrogen-bond donors (Lipinski definition) is 1. The van der Waals surface area contributed by atoms with E-state index in [0.717, 1.165) is 35.4 Å². The number of hydrogen-bond acceptors (Lipinski definition) is 4. The molecule has 4 rings (SSSR count). The lowest BCUT2D eigenvalue weighted by molar-refractivity contribution is -0.123. The van der Waals surface area contributed by atoms with Crippen LogP contribution in [-0.4, -0.2) is 30.6 Å². The van der Waals surface area contributed by atoms with Crippen molar-refractivity contribution in [2.45, 2.75) is 26.3 Å². The number of nitrogens with zero attached hydrogens (tertiary/aromatic N) is 2. The molecule has 1 aliphatic rings. The lowest BCUT2D eigenvalue weighted by Gasteiger charge is -2.32. The standard InChI is InChI=1S/C24H26FN3O2/c1-17-4-3-13-28(15-17)22-12-9-19-5-2-6-21(24(19)27-22)30-16-23(29)26-14-18-7-10-20(25)11-8-18/h2,5-12,17H,3-4,13-16H2,1H3,(H,26,29). The smallest absolute Gasteiger partial charge is 0.258 e. The number of aromatic nitrogens is 1. The highest BCUT2D eigenvalue weighted by atomic mass is 19.1. The zero-order chi connectivity index (χ0) is 20.9. The van der Waals surface area contributed by atoms with Gasteiger partial charge in [0, 0.05) is 25.0 Å². The highest BCUT2D eigenvalue weighted by Crippen LogP contribution is 2.28. The van der Waals surface area contributed by atoms with Crippen LogP contribution in [0.5, 0.6) is 5.75 Å². The van der Waals surface area contributed by atoms with E-state index < -0.39 is 0 Å². The molecule has 156 valence electrons. The molecular weight excluding hydrogens is 381 g/mol. The van der Waals surface area contributed by atoms with Gasteiger partial charge in [-0.2, -0.15) is 0 Å². The maximum absolute atomic E-state index is 13.0. The molecule has 3 aromatic rings. The first-order chi connectivity index (χ1) is 14.6. The predicted octanol–water partition coefficient (Wildman–Crippen LogP) is 4.31. The van der Waals surface area contributed by atoms with E-state index in [9.17, 15) is 9.18 Å². The number of carbonyl (C=O) groups is 1. The topological polar surface area (TPSA) is 54.5 Å². The average Bonchev–Trinajstić information content (AvgIpc) is 2.77. The number of piperidine rings is 1. The molecule has 1 aromatic heterocycles. The molecule has 30 heavy (non-hydrogen) atoms. The molecule has 1 fully saturated rings. The van der Waals surface area contributed by atoms with Gasteiger partial charge >= 0.3 is 0 Å². The quantitative estimate of drug-likeness (QED) is 0.662. The number of nitrogens with one attached hydrogen (secondary N) is 1. The van der Waals surface area contributed by atoms with Gasteiger partial charge in [-0.05, 0) is 54.7 Å². The summed E-state index contributed by atoms with van der Waals surface area (Å²) in [6.45, 7) is 4.51. The number of amides is 1. The summed E-state index contributed by atoms with van der Waals surface area (Å²) in [5.41, 5.74) is 1.59. The van der Waals surface area contributed by atoms with Crippen molar-refractivity contribution in [2.75, 3.05) is 24.6 Å². The van der Waals surface area contributed by atoms with Crippen LogP contribution in [-0.2, 0) is 11.3 Å². The number of anilines is 1. The molecule has 6 heteroatoms. The van der Waals surface area contributed by atoms with Crippen molar-refractivity contribution in [3.63, 3.8) is 0 Å². The van der Waals surface area contributed by atoms with Crippen LogP contribution in [0.1, 0.15) is 25.3 Å². The minimum absolute atomic E-state index is 0.104. The van der Waals surface area contributed by atoms with Gasteiger partial charge in [0.05, 0.1) is 0 Å². The number of halogens is 1. The molecule has 0 spiro atoms. The van der Waals surface area contributed by atoms with Crippen molar-refractivity contribution in [1.82, 2.24) is 10.3 Å². The highest BCUT2D eigenvalue weighted by molar-refractivity contribution is 5.86. The van der Waals surface area contributed by atoms with Crippen LogP contribution in [0.25, 0.3) is 10.9 Å². The Kier molecular flexibility index (Phi) is 6.12. The van der Waals surface area contributed by atoms with Crippen LogP contribution in [0.2, 0.25) is 0 Å². The van der Waals surface area contributed by atoms with E-state index >= 15 is 0 Å². The molecule has 1 aliphatic heterocycles. The lowest BCUT2D eigenvalue weighted by atomic mass is 10.0. The summed E-state index contributed by atoms with van der Waals surface area (Å²) in [7, 11) is 0. The van der Waals surface area contributed by atoms with Gasteiger partial charge in [0.15, 0.2) is 6.61 Å². The number of carbonyl (C=O) groups excluding carboxylic acids is 1. The second-order valence-corrected chi connectivity index (χ2v) is 7.88. The van der Waals surface area contributed by atoms with Crippen LogP contribution >= 0.6 is 0 Å². The van der Waals surface area contributed by atoms with Crippen LogP contribution in [0.15, 0.2) is 54.6 Å². The molecule has 2 aromatic carbocycles. The molecule has 0 bridgehead atoms. The monoisotopic (exact) mass is 407 g/mol. The van der Waals surface area contributed by atoms with Crippen LogP contribution in [0, 0.1) is 11.7 Å². The van der Waals surface area contributed by atoms with E-state index in [4.69, 9.17) is 9.72 Å². The Morgan fingerprint density at radius 3 is 2.83 bits per heavy atom. The summed E-state index contributed by atoms with van der Waals surface area (Å²) in [5, 5.41) is 3.77. The van der Waals surface area contributed by atoms with E-state index in [2.05, 4.69) is 29.3 Å². The minimum atomic E-state index is -0.296. The average molecular weight is 407 g/mol. The van der Waals surface area contributed by atoms with Gasteiger partial charge in [-0.25, -0.2) is 9.37 Å². The van der Waals surface area contributed by atoms with Gasteiger partial charge in [0.2, 0.25) is 0 Å². The summed E-state index contributed by atoms with van der Waals surface area (Å²) in [4.78, 5) is 19.4. The second kappa shape index (κ2) is 9.11. The number of ether oxygens (including phenoxy) is 1. The van der Waals surface area contributed by atoms with E-state index in [0.29, 0.717) is 18.2 Å². The fraction of sp³-hybridized carbons (Fsp3) is 0.333. The van der Waals surface area contributed by atoms with Gasteiger partial charge in [-0.3, -0.25) is 4.79 Å². The number of para-hydroxylation sites is 1. The van der Waals surface area contributed by atoms with Gasteiger partial charge in [-0.15, -0.1) is 0 Å². The summed E-state index contributed by atoms with van der Waals surface area (Å²) in [6, 6.07) is 15.9. The Labute approximate surface area is 175 Å². The van der Waals surface area contributed by atoms with Gasteiger partial charge in [-0.1, -0.05) is 31.2 Å². The van der Waals surface area contributed by atoms with Crippen molar-refractivity contribution < 1.29 is 13.9 Å². The largest absolute Gasteiger partial charge is 0.481 e. The van der Waals surface area contributed by atoms with Crippen molar-refractivity contribution in [3.8, 4) is 5.75 Å². The molecule has 1 unspecified atom stereocenters. The van der Waals surface area contributed by atoms with Gasteiger partial charge in [0.25, 0.3) is 5.91 Å². The Hall–Kier alpha value is -3.15. The van der Waals surface area contributed by atoms with Crippen molar-refractivity contribution in [2.24, 2.45) is 5.92 Å². The SMILES string of the molecule is CC1CCCN(c2ccc3cccc(OCC(=O)NCc4ccc(F)cc4)c3n2)C1. The van der Waals surface area contributed by atoms with Crippen LogP contribution in [0.4, 0.5) is 10.2 Å². The maximum atomic E-state index is 13.0. The first-order valence-electron chi connectivity index (χ1n) is 10.4. The zero-order valence-corrected chi connectivity index (χ0v) is 17.1. The third-order valence-electron chi connectivity index (χ3n) is 5.41. The third kappa shape index (κ3) is 4.87. The van der Waals surface area contributed by atoms with E-state index in [1.165, 1.54) is 25.0 Å². The van der Waals surface area contributed by atoms with Gasteiger partial charge in [0.1, 0.15) is 22.9 Å². The number of pyridine rings is 1. The van der Waals surface area contributed by atoms with E-state index in [1.807, 2.05) is 18.2 Å². The number of fused-ring (bicyclic) bond motifs is 1. The molecule has 0 saturated carbocycles. The van der Waals surface area contributed by atoms with Gasteiger partial charge < -0.3 is 15.0 Å². The van der Waals surface area contributed by atoms with Crippen LogP contribution in [0.3, 0.4) is 0 Å². The first kappa shape index (κ1) is 20.1. The predicted molar refractivity (Wildman–Crippen MR) is 116 cm³/mol. The Morgan fingerprint density at radius 2 is 2.03 bits per heavy atom. The summed E-state index contributed by atoms with van der Waals surface area (Å²) >= 11 is 0. The number of rotatable bonds is 6. The zero-order valence-electron chi connectivity index (χ0n) is 17.1. The molecule has 5 nitrogen and oxygen atoms in total. The van der Waals surface area contributed by atoms with Crippen molar-refractivity contribution in [1.29, 1.82) is 0 Å². The lowest BCUT2D eigenvalue weighted by Crippen LogP contribution is -2.34. The maximum Gasteiger partial charge on any atom is 0.258 e. The first-order valence-corrected chi connectivity index (χ1v) is 10.4. The fourth-order valence-corrected chi connectivity index (χ4v) is 3.80. The molecule has 1 amide bonds. The van der Waals surface area contributed by atoms with E-state index in [-0.39, 0.29) is 18.3 Å². The minimum Gasteiger partial charge on any atom is -0.481 e. The summed E-state index contributed by atoms with van der Waals surface area (Å²) < 4.78 is 18.8. The van der Waals surface area contributed by atoms with E-state index in [1.54, 1.807) is 12.1 Å². The van der Waals surface area contributed by atoms with Crippen LogP contribution < -0.4 is 15.0 Å². The molecule has 1 atom stereocenters.